The average molecular weight is 528 g/mol. The summed E-state index contributed by atoms with van der Waals surface area (Å²) in [6.45, 7) is 1.47. The van der Waals surface area contributed by atoms with Gasteiger partial charge in [-0.25, -0.2) is 4.98 Å². The lowest BCUT2D eigenvalue weighted by molar-refractivity contribution is -0.121. The number of aromatic hydroxyl groups is 1. The van der Waals surface area contributed by atoms with Crippen LogP contribution in [0.1, 0.15) is 45.7 Å². The number of hydrogen-bond donors (Lipinski definition) is 3. The lowest BCUT2D eigenvalue weighted by atomic mass is 9.98. The van der Waals surface area contributed by atoms with E-state index in [9.17, 15) is 19.5 Å². The fourth-order valence-electron chi connectivity index (χ4n) is 4.63. The molecule has 1 aliphatic rings. The van der Waals surface area contributed by atoms with E-state index in [1.165, 1.54) is 0 Å². The number of nitrogens with zero attached hydrogens (tertiary/aromatic N) is 3. The molecule has 0 spiro atoms. The highest BCUT2D eigenvalue weighted by molar-refractivity contribution is 6.02. The van der Waals surface area contributed by atoms with Crippen molar-refractivity contribution >= 4 is 28.8 Å². The number of pyridine rings is 1. The Kier molecular flexibility index (Phi) is 7.81. The lowest BCUT2D eigenvalue weighted by Crippen LogP contribution is -2.36. The second kappa shape index (κ2) is 11.8. The van der Waals surface area contributed by atoms with E-state index in [0.29, 0.717) is 67.6 Å². The van der Waals surface area contributed by atoms with Gasteiger partial charge in [-0.1, -0.05) is 23.4 Å². The third-order valence-electron chi connectivity index (χ3n) is 6.69. The molecule has 0 radical (unpaired) electrons. The van der Waals surface area contributed by atoms with Crippen LogP contribution in [0.4, 0.5) is 0 Å². The molecule has 10 nitrogen and oxygen atoms in total. The van der Waals surface area contributed by atoms with Crippen LogP contribution in [-0.4, -0.2) is 64.0 Å². The minimum atomic E-state index is -0.338. The van der Waals surface area contributed by atoms with Crippen LogP contribution < -0.4 is 10.6 Å². The molecule has 0 fully saturated rings. The van der Waals surface area contributed by atoms with Crippen LogP contribution in [0.5, 0.6) is 5.75 Å². The Morgan fingerprint density at radius 1 is 0.923 bits per heavy atom. The molecule has 4 aromatic rings. The van der Waals surface area contributed by atoms with Crippen molar-refractivity contribution in [2.75, 3.05) is 26.2 Å². The van der Waals surface area contributed by atoms with Crippen LogP contribution in [0.3, 0.4) is 0 Å². The van der Waals surface area contributed by atoms with Crippen molar-refractivity contribution in [3.63, 3.8) is 0 Å². The van der Waals surface area contributed by atoms with Gasteiger partial charge in [-0.2, -0.15) is 0 Å². The monoisotopic (exact) mass is 527 g/mol. The number of nitrogens with one attached hydrogen (secondary N) is 2. The van der Waals surface area contributed by atoms with Crippen LogP contribution in [0.25, 0.3) is 22.2 Å². The first kappa shape index (κ1) is 25.9. The number of fused-ring (bicyclic) bond motifs is 6. The van der Waals surface area contributed by atoms with E-state index in [0.717, 1.165) is 11.1 Å². The SMILES string of the molecule is O=C1CCCN(C(=O)c2onc3ncccc23)CCCNC(=O)c2cccc(c2)-c2cc(ccc2O)CCN1. The van der Waals surface area contributed by atoms with Gasteiger partial charge in [0.15, 0.2) is 0 Å². The second-order valence-corrected chi connectivity index (χ2v) is 9.42. The molecule has 200 valence electrons. The van der Waals surface area contributed by atoms with Gasteiger partial charge in [0.25, 0.3) is 11.8 Å². The molecule has 0 aliphatic carbocycles. The fourth-order valence-corrected chi connectivity index (χ4v) is 4.63. The third-order valence-corrected chi connectivity index (χ3v) is 6.69. The molecule has 0 saturated carbocycles. The van der Waals surface area contributed by atoms with Crippen LogP contribution >= 0.6 is 0 Å². The zero-order chi connectivity index (χ0) is 27.2. The molecule has 2 aromatic carbocycles. The Bertz CT molecular complexity index is 1510. The van der Waals surface area contributed by atoms with Crippen molar-refractivity contribution in [2.45, 2.75) is 25.7 Å². The summed E-state index contributed by atoms with van der Waals surface area (Å²) in [4.78, 5) is 44.5. The van der Waals surface area contributed by atoms with Gasteiger partial charge in [-0.05, 0) is 66.8 Å². The largest absolute Gasteiger partial charge is 0.507 e. The van der Waals surface area contributed by atoms with Gasteiger partial charge in [0.05, 0.1) is 5.39 Å². The number of phenols is 1. The molecule has 10 heteroatoms. The quantitative estimate of drug-likeness (QED) is 0.345. The molecule has 4 bridgehead atoms. The lowest BCUT2D eigenvalue weighted by Gasteiger charge is -2.21. The van der Waals surface area contributed by atoms with E-state index in [2.05, 4.69) is 20.8 Å². The van der Waals surface area contributed by atoms with Crippen molar-refractivity contribution in [3.8, 4) is 16.9 Å². The highest BCUT2D eigenvalue weighted by Gasteiger charge is 2.23. The topological polar surface area (TPSA) is 138 Å². The summed E-state index contributed by atoms with van der Waals surface area (Å²) in [6, 6.07) is 15.8. The minimum Gasteiger partial charge on any atom is -0.507 e. The standard InChI is InChI=1S/C29H29N5O5/c35-24-10-9-19-11-14-30-25(36)8-3-15-34(29(38)26-22-7-2-12-31-27(22)33-39-26)16-4-13-32-28(37)21-6-1-5-20(18-21)23(24)17-19/h1-2,5-7,9-10,12,17-18,35H,3-4,8,11,13-16H2,(H,30,36)(H,32,37). The summed E-state index contributed by atoms with van der Waals surface area (Å²) in [7, 11) is 0. The predicted octanol–water partition coefficient (Wildman–Crippen LogP) is 3.31. The Morgan fingerprint density at radius 2 is 1.77 bits per heavy atom. The van der Waals surface area contributed by atoms with E-state index in [1.807, 2.05) is 18.2 Å². The number of hydrogen-bond acceptors (Lipinski definition) is 7. The molecule has 0 unspecified atom stereocenters. The molecular formula is C29H29N5O5. The number of aromatic nitrogens is 2. The van der Waals surface area contributed by atoms with Gasteiger partial charge in [-0.3, -0.25) is 14.4 Å². The van der Waals surface area contributed by atoms with Gasteiger partial charge in [0.1, 0.15) is 5.75 Å². The summed E-state index contributed by atoms with van der Waals surface area (Å²) < 4.78 is 5.33. The second-order valence-electron chi connectivity index (χ2n) is 9.42. The first-order valence-corrected chi connectivity index (χ1v) is 13.0. The molecule has 3 amide bonds. The number of rotatable bonds is 1. The van der Waals surface area contributed by atoms with Gasteiger partial charge < -0.3 is 25.2 Å². The molecular weight excluding hydrogens is 498 g/mol. The third kappa shape index (κ3) is 6.06. The maximum absolute atomic E-state index is 13.4. The molecule has 39 heavy (non-hydrogen) atoms. The first-order valence-electron chi connectivity index (χ1n) is 13.0. The molecule has 5 rings (SSSR count). The molecule has 3 heterocycles. The van der Waals surface area contributed by atoms with Crippen LogP contribution in [-0.2, 0) is 11.2 Å². The minimum absolute atomic E-state index is 0.103. The van der Waals surface area contributed by atoms with E-state index < -0.39 is 0 Å². The van der Waals surface area contributed by atoms with E-state index in [-0.39, 0.29) is 35.7 Å². The first-order chi connectivity index (χ1) is 19.0. The number of amides is 3. The van der Waals surface area contributed by atoms with Gasteiger partial charge in [0, 0.05) is 49.9 Å². The molecule has 3 N–H and O–H groups in total. The fraction of sp³-hybridized carbons (Fsp3) is 0.276. The summed E-state index contributed by atoms with van der Waals surface area (Å²) in [5, 5.41) is 20.7. The number of carbonyl (C=O) groups excluding carboxylic acids is 3. The van der Waals surface area contributed by atoms with Gasteiger partial charge in [0.2, 0.25) is 17.3 Å². The van der Waals surface area contributed by atoms with Crippen molar-refractivity contribution in [3.05, 3.63) is 77.7 Å². The van der Waals surface area contributed by atoms with E-state index in [4.69, 9.17) is 4.52 Å². The summed E-state index contributed by atoms with van der Waals surface area (Å²) in [6.07, 6.45) is 3.37. The summed E-state index contributed by atoms with van der Waals surface area (Å²) in [5.74, 6) is -0.466. The van der Waals surface area contributed by atoms with Crippen LogP contribution in [0.15, 0.2) is 65.3 Å². The molecule has 1 aliphatic heterocycles. The Labute approximate surface area is 225 Å². The van der Waals surface area contributed by atoms with Crippen LogP contribution in [0, 0.1) is 0 Å². The highest BCUT2D eigenvalue weighted by Crippen LogP contribution is 2.31. The summed E-state index contributed by atoms with van der Waals surface area (Å²) in [5.41, 5.74) is 3.10. The molecule has 0 atom stereocenters. The Hall–Kier alpha value is -4.73. The normalized spacial score (nSPS) is 15.5. The smallest absolute Gasteiger partial charge is 0.293 e. The van der Waals surface area contributed by atoms with Crippen molar-refractivity contribution in [1.29, 1.82) is 0 Å². The number of phenolic OH excluding ortho intramolecular Hbond substituents is 1. The summed E-state index contributed by atoms with van der Waals surface area (Å²) >= 11 is 0. The van der Waals surface area contributed by atoms with E-state index >= 15 is 0 Å². The van der Waals surface area contributed by atoms with Crippen molar-refractivity contribution < 1.29 is 24.0 Å². The zero-order valence-corrected chi connectivity index (χ0v) is 21.4. The number of benzene rings is 2. The molecule has 0 saturated heterocycles. The predicted molar refractivity (Wildman–Crippen MR) is 144 cm³/mol. The Balaban J connectivity index is 1.35. The van der Waals surface area contributed by atoms with Gasteiger partial charge >= 0.3 is 0 Å². The Morgan fingerprint density at radius 3 is 2.67 bits per heavy atom. The highest BCUT2D eigenvalue weighted by atomic mass is 16.5. The maximum atomic E-state index is 13.4. The maximum Gasteiger partial charge on any atom is 0.293 e. The molecule has 2 aromatic heterocycles. The average Bonchev–Trinajstić information content (AvgIpc) is 3.38. The van der Waals surface area contributed by atoms with Gasteiger partial charge in [-0.15, -0.1) is 0 Å². The number of carbonyl (C=O) groups is 3. The van der Waals surface area contributed by atoms with Crippen molar-refractivity contribution in [1.82, 2.24) is 25.7 Å². The van der Waals surface area contributed by atoms with Crippen LogP contribution in [0.2, 0.25) is 0 Å². The van der Waals surface area contributed by atoms with E-state index in [1.54, 1.807) is 47.5 Å². The van der Waals surface area contributed by atoms with Crippen molar-refractivity contribution in [2.24, 2.45) is 0 Å². The zero-order valence-electron chi connectivity index (χ0n) is 21.4.